The number of carbonyl (C=O) groups is 1. The number of amides is 1. The van der Waals surface area contributed by atoms with Crippen LogP contribution in [-0.2, 0) is 10.0 Å². The van der Waals surface area contributed by atoms with Crippen molar-refractivity contribution in [3.8, 4) is 5.75 Å². The Hall–Kier alpha value is -2.38. The van der Waals surface area contributed by atoms with Gasteiger partial charge in [-0.25, -0.2) is 13.1 Å². The Bertz CT molecular complexity index is 843. The molecule has 0 saturated carbocycles. The topological polar surface area (TPSA) is 95.5 Å². The van der Waals surface area contributed by atoms with E-state index >= 15 is 0 Å². The van der Waals surface area contributed by atoms with Crippen molar-refractivity contribution in [1.29, 1.82) is 0 Å². The molecule has 0 spiro atoms. The first-order chi connectivity index (χ1) is 11.2. The van der Waals surface area contributed by atoms with Crippen LogP contribution in [0.15, 0.2) is 47.4 Å². The van der Waals surface area contributed by atoms with Crippen LogP contribution in [0.1, 0.15) is 29.8 Å². The minimum Gasteiger partial charge on any atom is -0.506 e. The number of aromatic hydroxyl groups is 1. The molecule has 0 unspecified atom stereocenters. The van der Waals surface area contributed by atoms with Crippen LogP contribution in [0.2, 0.25) is 0 Å². The van der Waals surface area contributed by atoms with Crippen molar-refractivity contribution in [2.24, 2.45) is 0 Å². The van der Waals surface area contributed by atoms with E-state index in [1.165, 1.54) is 24.3 Å². The molecule has 0 atom stereocenters. The molecule has 0 saturated heterocycles. The molecule has 0 bridgehead atoms. The number of hydrogen-bond donors (Lipinski definition) is 3. The monoisotopic (exact) mass is 348 g/mol. The molecule has 7 heteroatoms. The summed E-state index contributed by atoms with van der Waals surface area (Å²) in [5.41, 5.74) is 1.46. The molecule has 0 aliphatic carbocycles. The number of phenols is 1. The maximum Gasteiger partial charge on any atom is 0.255 e. The van der Waals surface area contributed by atoms with Gasteiger partial charge in [-0.3, -0.25) is 4.79 Å². The largest absolute Gasteiger partial charge is 0.506 e. The number of hydrogen-bond acceptors (Lipinski definition) is 4. The summed E-state index contributed by atoms with van der Waals surface area (Å²) in [6.45, 7) is 5.29. The first-order valence-corrected chi connectivity index (χ1v) is 8.91. The normalized spacial score (nSPS) is 11.5. The van der Waals surface area contributed by atoms with Gasteiger partial charge in [0.2, 0.25) is 10.0 Å². The van der Waals surface area contributed by atoms with Gasteiger partial charge in [-0.15, -0.1) is 0 Å². The zero-order valence-corrected chi connectivity index (χ0v) is 14.5. The van der Waals surface area contributed by atoms with E-state index in [2.05, 4.69) is 10.0 Å². The third-order valence-corrected chi connectivity index (χ3v) is 4.89. The van der Waals surface area contributed by atoms with E-state index in [1.54, 1.807) is 32.0 Å². The lowest BCUT2D eigenvalue weighted by Crippen LogP contribution is -2.30. The van der Waals surface area contributed by atoms with Crippen molar-refractivity contribution < 1.29 is 18.3 Å². The molecule has 24 heavy (non-hydrogen) atoms. The van der Waals surface area contributed by atoms with E-state index in [1.807, 2.05) is 6.92 Å². The summed E-state index contributed by atoms with van der Waals surface area (Å²) in [5.74, 6) is -0.460. The van der Waals surface area contributed by atoms with Gasteiger partial charge in [0.25, 0.3) is 5.91 Å². The highest BCUT2D eigenvalue weighted by Gasteiger charge is 2.16. The molecule has 0 aliphatic rings. The van der Waals surface area contributed by atoms with Crippen LogP contribution in [-0.4, -0.2) is 25.5 Å². The molecule has 2 aromatic rings. The van der Waals surface area contributed by atoms with Gasteiger partial charge in [-0.05, 0) is 62.7 Å². The van der Waals surface area contributed by atoms with Crippen LogP contribution in [0, 0.1) is 6.92 Å². The third kappa shape index (κ3) is 4.33. The van der Waals surface area contributed by atoms with E-state index in [0.29, 0.717) is 11.3 Å². The fourth-order valence-electron chi connectivity index (χ4n) is 2.11. The van der Waals surface area contributed by atoms with E-state index in [4.69, 9.17) is 0 Å². The third-order valence-electron chi connectivity index (χ3n) is 3.22. The second-order valence-electron chi connectivity index (χ2n) is 5.78. The lowest BCUT2D eigenvalue weighted by molar-refractivity contribution is 0.102. The average Bonchev–Trinajstić information content (AvgIpc) is 2.49. The fraction of sp³-hybridized carbons (Fsp3) is 0.235. The van der Waals surface area contributed by atoms with Crippen LogP contribution >= 0.6 is 0 Å². The molecule has 0 fully saturated rings. The van der Waals surface area contributed by atoms with Crippen molar-refractivity contribution in [3.05, 3.63) is 53.6 Å². The summed E-state index contributed by atoms with van der Waals surface area (Å²) < 4.78 is 26.6. The first kappa shape index (κ1) is 18.0. The van der Waals surface area contributed by atoms with Crippen molar-refractivity contribution >= 4 is 21.6 Å². The van der Waals surface area contributed by atoms with Crippen LogP contribution in [0.4, 0.5) is 5.69 Å². The average molecular weight is 348 g/mol. The summed E-state index contributed by atoms with van der Waals surface area (Å²) >= 11 is 0. The zero-order chi connectivity index (χ0) is 17.9. The Morgan fingerprint density at radius 3 is 2.25 bits per heavy atom. The minimum absolute atomic E-state index is 0.0244. The minimum atomic E-state index is -3.59. The quantitative estimate of drug-likeness (QED) is 0.724. The standard InChI is InChI=1S/C17H20N2O4S/c1-11(2)19-24(22,23)14-7-5-13(6-8-14)17(21)18-15-9-4-12(3)10-16(15)20/h4-11,19-20H,1-3H3,(H,18,21). The van der Waals surface area contributed by atoms with Gasteiger partial charge in [0.1, 0.15) is 5.75 Å². The number of benzene rings is 2. The lowest BCUT2D eigenvalue weighted by atomic mass is 10.2. The molecular formula is C17H20N2O4S. The number of rotatable bonds is 5. The van der Waals surface area contributed by atoms with Gasteiger partial charge < -0.3 is 10.4 Å². The number of sulfonamides is 1. The van der Waals surface area contributed by atoms with Crippen LogP contribution < -0.4 is 10.0 Å². The Labute approximate surface area is 141 Å². The molecule has 6 nitrogen and oxygen atoms in total. The van der Waals surface area contributed by atoms with Crippen molar-refractivity contribution in [2.75, 3.05) is 5.32 Å². The highest BCUT2D eigenvalue weighted by molar-refractivity contribution is 7.89. The molecule has 0 aliphatic heterocycles. The second-order valence-corrected chi connectivity index (χ2v) is 7.49. The lowest BCUT2D eigenvalue weighted by Gasteiger charge is -2.11. The van der Waals surface area contributed by atoms with Gasteiger partial charge >= 0.3 is 0 Å². The fourth-order valence-corrected chi connectivity index (χ4v) is 3.36. The molecule has 1 amide bonds. The molecule has 3 N–H and O–H groups in total. The van der Waals surface area contributed by atoms with E-state index in [0.717, 1.165) is 5.56 Å². The van der Waals surface area contributed by atoms with Gasteiger partial charge in [0.15, 0.2) is 0 Å². The van der Waals surface area contributed by atoms with Crippen LogP contribution in [0.3, 0.4) is 0 Å². The van der Waals surface area contributed by atoms with E-state index in [-0.39, 0.29) is 16.7 Å². The Kier molecular flexibility index (Phi) is 5.26. The van der Waals surface area contributed by atoms with E-state index < -0.39 is 15.9 Å². The zero-order valence-electron chi connectivity index (χ0n) is 13.7. The van der Waals surface area contributed by atoms with Gasteiger partial charge in [-0.1, -0.05) is 6.07 Å². The van der Waals surface area contributed by atoms with Gasteiger partial charge in [-0.2, -0.15) is 0 Å². The Morgan fingerprint density at radius 2 is 1.71 bits per heavy atom. The highest BCUT2D eigenvalue weighted by Crippen LogP contribution is 2.24. The van der Waals surface area contributed by atoms with Crippen LogP contribution in [0.5, 0.6) is 5.75 Å². The predicted octanol–water partition coefficient (Wildman–Crippen LogP) is 2.64. The van der Waals surface area contributed by atoms with Gasteiger partial charge in [0.05, 0.1) is 10.6 Å². The summed E-state index contributed by atoms with van der Waals surface area (Å²) in [5, 5.41) is 12.4. The van der Waals surface area contributed by atoms with Crippen molar-refractivity contribution in [3.63, 3.8) is 0 Å². The summed E-state index contributed by atoms with van der Waals surface area (Å²) in [4.78, 5) is 12.3. The molecule has 0 aromatic heterocycles. The SMILES string of the molecule is Cc1ccc(NC(=O)c2ccc(S(=O)(=O)NC(C)C)cc2)c(O)c1. The van der Waals surface area contributed by atoms with Gasteiger partial charge in [0, 0.05) is 11.6 Å². The number of nitrogens with one attached hydrogen (secondary N) is 2. The van der Waals surface area contributed by atoms with Crippen LogP contribution in [0.25, 0.3) is 0 Å². The van der Waals surface area contributed by atoms with Crippen molar-refractivity contribution in [1.82, 2.24) is 4.72 Å². The molecule has 2 aromatic carbocycles. The summed E-state index contributed by atoms with van der Waals surface area (Å²) in [7, 11) is -3.59. The smallest absolute Gasteiger partial charge is 0.255 e. The number of carbonyl (C=O) groups excluding carboxylic acids is 1. The molecule has 0 radical (unpaired) electrons. The first-order valence-electron chi connectivity index (χ1n) is 7.42. The summed E-state index contributed by atoms with van der Waals surface area (Å²) in [6.07, 6.45) is 0. The molecular weight excluding hydrogens is 328 g/mol. The predicted molar refractivity (Wildman–Crippen MR) is 92.7 cm³/mol. The second kappa shape index (κ2) is 7.02. The Morgan fingerprint density at radius 1 is 1.08 bits per heavy atom. The van der Waals surface area contributed by atoms with Crippen molar-refractivity contribution in [2.45, 2.75) is 31.7 Å². The number of aryl methyl sites for hydroxylation is 1. The highest BCUT2D eigenvalue weighted by atomic mass is 32.2. The maximum atomic E-state index is 12.2. The molecule has 128 valence electrons. The maximum absolute atomic E-state index is 12.2. The molecule has 0 heterocycles. The Balaban J connectivity index is 2.17. The number of phenolic OH excluding ortho intramolecular Hbond substituents is 1. The summed E-state index contributed by atoms with van der Waals surface area (Å²) in [6, 6.07) is 10.3. The molecule has 2 rings (SSSR count). The van der Waals surface area contributed by atoms with E-state index in [9.17, 15) is 18.3 Å². The number of anilines is 1.